The maximum absolute atomic E-state index is 10.9. The molecule has 0 atom stereocenters. The molecule has 2 heterocycles. The molecule has 5 N–H and O–H groups in total. The van der Waals surface area contributed by atoms with Gasteiger partial charge in [0, 0.05) is 22.7 Å². The summed E-state index contributed by atoms with van der Waals surface area (Å²) < 4.78 is 0. The maximum Gasteiger partial charge on any atom is 0.352 e. The van der Waals surface area contributed by atoms with E-state index in [1.807, 2.05) is 30.5 Å². The number of hydrogen-bond donors (Lipinski definition) is 4. The summed E-state index contributed by atoms with van der Waals surface area (Å²) in [7, 11) is 0. The van der Waals surface area contributed by atoms with Crippen molar-refractivity contribution in [3.63, 3.8) is 0 Å². The molecular formula is C13H11N3O2. The first-order valence-electron chi connectivity index (χ1n) is 5.45. The number of benzene rings is 1. The number of para-hydroxylation sites is 1. The van der Waals surface area contributed by atoms with Crippen LogP contribution in [0.4, 0.5) is 5.69 Å². The van der Waals surface area contributed by atoms with Gasteiger partial charge in [-0.15, -0.1) is 0 Å². The molecule has 0 fully saturated rings. The molecule has 5 heteroatoms. The summed E-state index contributed by atoms with van der Waals surface area (Å²) in [6.45, 7) is 0. The van der Waals surface area contributed by atoms with Gasteiger partial charge in [-0.05, 0) is 12.1 Å². The van der Waals surface area contributed by atoms with Crippen LogP contribution in [0.1, 0.15) is 10.5 Å². The van der Waals surface area contributed by atoms with Gasteiger partial charge in [-0.25, -0.2) is 4.79 Å². The lowest BCUT2D eigenvalue weighted by Crippen LogP contribution is -1.95. The normalized spacial score (nSPS) is 10.9. The average molecular weight is 241 g/mol. The fraction of sp³-hybridized carbons (Fsp3) is 0. The first-order valence-corrected chi connectivity index (χ1v) is 5.45. The third kappa shape index (κ3) is 1.45. The molecule has 3 rings (SSSR count). The van der Waals surface area contributed by atoms with Crippen molar-refractivity contribution in [1.29, 1.82) is 0 Å². The molecular weight excluding hydrogens is 230 g/mol. The van der Waals surface area contributed by atoms with Gasteiger partial charge in [0.05, 0.1) is 11.4 Å². The number of aromatic nitrogens is 2. The van der Waals surface area contributed by atoms with Gasteiger partial charge in [0.1, 0.15) is 5.69 Å². The number of fused-ring (bicyclic) bond motifs is 1. The summed E-state index contributed by atoms with van der Waals surface area (Å²) in [6, 6.07) is 9.21. The molecule has 5 nitrogen and oxygen atoms in total. The van der Waals surface area contributed by atoms with E-state index in [9.17, 15) is 4.79 Å². The Bertz CT molecular complexity index is 740. The summed E-state index contributed by atoms with van der Waals surface area (Å²) in [4.78, 5) is 16.9. The number of aromatic amines is 2. The minimum Gasteiger partial charge on any atom is -0.477 e. The van der Waals surface area contributed by atoms with E-state index in [1.165, 1.54) is 6.07 Å². The Morgan fingerprint density at radius 2 is 2.06 bits per heavy atom. The number of carboxylic acid groups (broad SMARTS) is 1. The number of carboxylic acids is 1. The van der Waals surface area contributed by atoms with E-state index >= 15 is 0 Å². The second-order valence-electron chi connectivity index (χ2n) is 4.07. The van der Waals surface area contributed by atoms with Crippen LogP contribution in [0.3, 0.4) is 0 Å². The molecule has 0 aliphatic rings. The third-order valence-electron chi connectivity index (χ3n) is 2.94. The largest absolute Gasteiger partial charge is 0.477 e. The Morgan fingerprint density at radius 1 is 1.28 bits per heavy atom. The number of nitrogens with one attached hydrogen (secondary N) is 2. The highest BCUT2D eigenvalue weighted by Gasteiger charge is 2.14. The van der Waals surface area contributed by atoms with Crippen LogP contribution < -0.4 is 5.73 Å². The maximum atomic E-state index is 10.9. The number of nitrogens with two attached hydrogens (primary N) is 1. The van der Waals surface area contributed by atoms with E-state index in [4.69, 9.17) is 10.8 Å². The molecule has 0 radical (unpaired) electrons. The molecule has 0 aliphatic heterocycles. The molecule has 1 aromatic carbocycles. The van der Waals surface area contributed by atoms with Crippen LogP contribution in [0.25, 0.3) is 22.2 Å². The van der Waals surface area contributed by atoms with Crippen molar-refractivity contribution < 1.29 is 9.90 Å². The summed E-state index contributed by atoms with van der Waals surface area (Å²) in [5, 5.41) is 9.94. The molecule has 2 aromatic heterocycles. The van der Waals surface area contributed by atoms with Crippen molar-refractivity contribution in [3.8, 4) is 11.3 Å². The van der Waals surface area contributed by atoms with Gasteiger partial charge in [-0.1, -0.05) is 18.2 Å². The van der Waals surface area contributed by atoms with E-state index in [1.54, 1.807) is 0 Å². The SMILES string of the molecule is Nc1cc(C(=O)O)[nH]c1-c1c[nH]c2ccccc12. The standard InChI is InChI=1S/C13H11N3O2/c14-9-5-11(13(17)18)16-12(9)8-6-15-10-4-2-1-3-7(8)10/h1-6,15-16H,14H2,(H,17,18). The van der Waals surface area contributed by atoms with Crippen molar-refractivity contribution in [3.05, 3.63) is 42.2 Å². The van der Waals surface area contributed by atoms with Crippen LogP contribution >= 0.6 is 0 Å². The highest BCUT2D eigenvalue weighted by atomic mass is 16.4. The average Bonchev–Trinajstić information content (AvgIpc) is 2.92. The van der Waals surface area contributed by atoms with Crippen molar-refractivity contribution >= 4 is 22.6 Å². The van der Waals surface area contributed by atoms with E-state index in [2.05, 4.69) is 9.97 Å². The lowest BCUT2D eigenvalue weighted by Gasteiger charge is -1.98. The third-order valence-corrected chi connectivity index (χ3v) is 2.94. The van der Waals surface area contributed by atoms with E-state index in [0.717, 1.165) is 16.5 Å². The van der Waals surface area contributed by atoms with Crippen molar-refractivity contribution in [2.75, 3.05) is 5.73 Å². The highest BCUT2D eigenvalue weighted by Crippen LogP contribution is 2.32. The van der Waals surface area contributed by atoms with Crippen molar-refractivity contribution in [2.45, 2.75) is 0 Å². The lowest BCUT2D eigenvalue weighted by atomic mass is 10.1. The number of H-pyrrole nitrogens is 2. The Morgan fingerprint density at radius 3 is 2.78 bits per heavy atom. The molecule has 0 aliphatic carbocycles. The quantitative estimate of drug-likeness (QED) is 0.555. The predicted molar refractivity (Wildman–Crippen MR) is 69.5 cm³/mol. The van der Waals surface area contributed by atoms with Crippen LogP contribution in [-0.2, 0) is 0 Å². The zero-order valence-corrected chi connectivity index (χ0v) is 9.40. The van der Waals surface area contributed by atoms with Gasteiger partial charge >= 0.3 is 5.97 Å². The molecule has 0 saturated heterocycles. The van der Waals surface area contributed by atoms with Crippen LogP contribution in [0.5, 0.6) is 0 Å². The van der Waals surface area contributed by atoms with Gasteiger partial charge < -0.3 is 20.8 Å². The summed E-state index contributed by atoms with van der Waals surface area (Å²) in [5.41, 5.74) is 8.86. The summed E-state index contributed by atoms with van der Waals surface area (Å²) >= 11 is 0. The first kappa shape index (κ1) is 10.5. The number of nitrogen functional groups attached to an aromatic ring is 1. The number of rotatable bonds is 2. The van der Waals surface area contributed by atoms with E-state index < -0.39 is 5.97 Å². The van der Waals surface area contributed by atoms with Crippen LogP contribution in [0.15, 0.2) is 36.5 Å². The fourth-order valence-electron chi connectivity index (χ4n) is 2.09. The summed E-state index contributed by atoms with van der Waals surface area (Å²) in [5.74, 6) is -1.02. The Labute approximate surface area is 102 Å². The van der Waals surface area contributed by atoms with Gasteiger partial charge in [0.2, 0.25) is 0 Å². The smallest absolute Gasteiger partial charge is 0.352 e. The van der Waals surface area contributed by atoms with Crippen LogP contribution in [-0.4, -0.2) is 21.0 Å². The molecule has 0 amide bonds. The minimum atomic E-state index is -1.02. The monoisotopic (exact) mass is 241 g/mol. The zero-order valence-electron chi connectivity index (χ0n) is 9.40. The molecule has 0 spiro atoms. The Hall–Kier alpha value is -2.69. The van der Waals surface area contributed by atoms with E-state index in [-0.39, 0.29) is 5.69 Å². The summed E-state index contributed by atoms with van der Waals surface area (Å²) in [6.07, 6.45) is 1.82. The van der Waals surface area contributed by atoms with Gasteiger partial charge in [-0.3, -0.25) is 0 Å². The molecule has 3 aromatic rings. The van der Waals surface area contributed by atoms with Crippen LogP contribution in [0, 0.1) is 0 Å². The molecule has 0 saturated carbocycles. The predicted octanol–water partition coefficient (Wildman–Crippen LogP) is 2.44. The van der Waals surface area contributed by atoms with Crippen LogP contribution in [0.2, 0.25) is 0 Å². The Balaban J connectivity index is 2.23. The highest BCUT2D eigenvalue weighted by molar-refractivity contribution is 5.99. The molecule has 90 valence electrons. The lowest BCUT2D eigenvalue weighted by molar-refractivity contribution is 0.0691. The van der Waals surface area contributed by atoms with E-state index in [0.29, 0.717) is 11.4 Å². The van der Waals surface area contributed by atoms with Crippen molar-refractivity contribution in [1.82, 2.24) is 9.97 Å². The zero-order chi connectivity index (χ0) is 12.7. The van der Waals surface area contributed by atoms with Gasteiger partial charge in [0.25, 0.3) is 0 Å². The molecule has 18 heavy (non-hydrogen) atoms. The number of hydrogen-bond acceptors (Lipinski definition) is 2. The number of anilines is 1. The number of carbonyl (C=O) groups is 1. The topological polar surface area (TPSA) is 94.9 Å². The van der Waals surface area contributed by atoms with Crippen molar-refractivity contribution in [2.24, 2.45) is 0 Å². The minimum absolute atomic E-state index is 0.0905. The second-order valence-corrected chi connectivity index (χ2v) is 4.07. The number of aromatic carboxylic acids is 1. The Kier molecular flexibility index (Phi) is 2.13. The molecule has 0 bridgehead atoms. The fourth-order valence-corrected chi connectivity index (χ4v) is 2.09. The van der Waals surface area contributed by atoms with Gasteiger partial charge in [-0.2, -0.15) is 0 Å². The first-order chi connectivity index (χ1) is 8.66. The van der Waals surface area contributed by atoms with Gasteiger partial charge in [0.15, 0.2) is 0 Å². The molecule has 0 unspecified atom stereocenters. The second kappa shape index (κ2) is 3.66.